The predicted octanol–water partition coefficient (Wildman–Crippen LogP) is 0.185. The molecule has 0 aliphatic heterocycles. The van der Waals surface area contributed by atoms with E-state index in [9.17, 15) is 9.59 Å². The van der Waals surface area contributed by atoms with E-state index in [1.54, 1.807) is 12.3 Å². The van der Waals surface area contributed by atoms with Crippen LogP contribution in [-0.2, 0) is 9.59 Å². The summed E-state index contributed by atoms with van der Waals surface area (Å²) in [5.41, 5.74) is 11.6. The van der Waals surface area contributed by atoms with Gasteiger partial charge in [-0.3, -0.25) is 9.59 Å². The Morgan fingerprint density at radius 3 is 2.82 bits per heavy atom. The van der Waals surface area contributed by atoms with E-state index in [0.717, 1.165) is 5.56 Å². The van der Waals surface area contributed by atoms with E-state index >= 15 is 0 Å². The number of nitrogens with zero attached hydrogens (tertiary/aromatic N) is 1. The molecular formula is C10H13ClN4O2. The van der Waals surface area contributed by atoms with Crippen LogP contribution in [-0.4, -0.2) is 22.8 Å². The van der Waals surface area contributed by atoms with Crippen molar-refractivity contribution in [1.29, 1.82) is 0 Å². The molecule has 1 atom stereocenters. The Kier molecular flexibility index (Phi) is 4.42. The Bertz CT molecular complexity index is 450. The molecule has 1 aromatic heterocycles. The third-order valence-corrected chi connectivity index (χ3v) is 2.29. The van der Waals surface area contributed by atoms with Crippen LogP contribution in [0.2, 0.25) is 5.15 Å². The van der Waals surface area contributed by atoms with Crippen LogP contribution in [0, 0.1) is 6.92 Å². The number of carbonyl (C=O) groups is 2. The van der Waals surface area contributed by atoms with E-state index < -0.39 is 17.9 Å². The fourth-order valence-electron chi connectivity index (χ4n) is 1.18. The molecule has 1 unspecified atom stereocenters. The van der Waals surface area contributed by atoms with Gasteiger partial charge in [-0.25, -0.2) is 4.98 Å². The second-order valence-electron chi connectivity index (χ2n) is 3.62. The molecule has 0 radical (unpaired) electrons. The first-order chi connectivity index (χ1) is 7.90. The Hall–Kier alpha value is -1.66. The number of hydrogen-bond acceptors (Lipinski definition) is 4. The molecule has 17 heavy (non-hydrogen) atoms. The summed E-state index contributed by atoms with van der Waals surface area (Å²) in [6, 6.07) is 0.661. The molecule has 0 fully saturated rings. The molecule has 0 bridgehead atoms. The Balaban J connectivity index is 2.73. The van der Waals surface area contributed by atoms with Gasteiger partial charge in [0.1, 0.15) is 0 Å². The van der Waals surface area contributed by atoms with Gasteiger partial charge in [0.2, 0.25) is 11.8 Å². The molecule has 0 aliphatic rings. The minimum atomic E-state index is -0.996. The van der Waals surface area contributed by atoms with Crippen LogP contribution in [0.3, 0.4) is 0 Å². The summed E-state index contributed by atoms with van der Waals surface area (Å²) < 4.78 is 0. The van der Waals surface area contributed by atoms with Crippen molar-refractivity contribution in [3.05, 3.63) is 23.0 Å². The first-order valence-electron chi connectivity index (χ1n) is 4.87. The van der Waals surface area contributed by atoms with Crippen LogP contribution in [0.25, 0.3) is 0 Å². The number of carbonyl (C=O) groups excluding carboxylic acids is 2. The summed E-state index contributed by atoms with van der Waals surface area (Å²) in [6.07, 6.45) is 1.35. The lowest BCUT2D eigenvalue weighted by atomic mass is 10.2. The maximum Gasteiger partial charge on any atom is 0.241 e. The Morgan fingerprint density at radius 1 is 1.59 bits per heavy atom. The number of amides is 2. The number of halogens is 1. The van der Waals surface area contributed by atoms with Crippen molar-refractivity contribution >= 4 is 29.1 Å². The molecule has 92 valence electrons. The van der Waals surface area contributed by atoms with Crippen molar-refractivity contribution in [1.82, 2.24) is 4.98 Å². The van der Waals surface area contributed by atoms with E-state index in [-0.39, 0.29) is 11.6 Å². The Labute approximate surface area is 103 Å². The molecule has 0 aliphatic carbocycles. The van der Waals surface area contributed by atoms with Crippen molar-refractivity contribution in [2.24, 2.45) is 11.5 Å². The minimum Gasteiger partial charge on any atom is -0.370 e. The highest BCUT2D eigenvalue weighted by molar-refractivity contribution is 6.32. The second kappa shape index (κ2) is 5.60. The fourth-order valence-corrected chi connectivity index (χ4v) is 1.33. The van der Waals surface area contributed by atoms with Crippen LogP contribution in [0.5, 0.6) is 0 Å². The lowest BCUT2D eigenvalue weighted by Gasteiger charge is -2.11. The molecule has 7 heteroatoms. The van der Waals surface area contributed by atoms with E-state index in [1.165, 1.54) is 0 Å². The van der Waals surface area contributed by atoms with Gasteiger partial charge in [0.15, 0.2) is 5.15 Å². The summed E-state index contributed by atoms with van der Waals surface area (Å²) >= 11 is 5.79. The molecule has 0 aromatic carbocycles. The molecule has 0 saturated carbocycles. The molecule has 2 amide bonds. The summed E-state index contributed by atoms with van der Waals surface area (Å²) in [5.74, 6) is -1.17. The second-order valence-corrected chi connectivity index (χ2v) is 3.98. The van der Waals surface area contributed by atoms with E-state index in [0.29, 0.717) is 5.69 Å². The Morgan fingerprint density at radius 2 is 2.24 bits per heavy atom. The van der Waals surface area contributed by atoms with Crippen LogP contribution >= 0.6 is 11.6 Å². The number of primary amides is 1. The van der Waals surface area contributed by atoms with Gasteiger partial charge in [0, 0.05) is 6.20 Å². The van der Waals surface area contributed by atoms with E-state index in [4.69, 9.17) is 23.1 Å². The van der Waals surface area contributed by atoms with Gasteiger partial charge in [-0.05, 0) is 18.6 Å². The summed E-state index contributed by atoms with van der Waals surface area (Å²) in [5, 5.41) is 2.65. The quantitative estimate of drug-likeness (QED) is 0.668. The molecule has 1 aromatic rings. The first kappa shape index (κ1) is 13.4. The molecule has 5 N–H and O–H groups in total. The van der Waals surface area contributed by atoms with Gasteiger partial charge in [0.05, 0.1) is 18.2 Å². The largest absolute Gasteiger partial charge is 0.370 e. The number of pyridine rings is 1. The fraction of sp³-hybridized carbons (Fsp3) is 0.300. The summed E-state index contributed by atoms with van der Waals surface area (Å²) in [4.78, 5) is 26.1. The van der Waals surface area contributed by atoms with Crippen molar-refractivity contribution in [3.63, 3.8) is 0 Å². The summed E-state index contributed by atoms with van der Waals surface area (Å²) in [7, 11) is 0. The van der Waals surface area contributed by atoms with Crippen LogP contribution < -0.4 is 16.8 Å². The van der Waals surface area contributed by atoms with Gasteiger partial charge >= 0.3 is 0 Å². The number of nitrogens with two attached hydrogens (primary N) is 2. The van der Waals surface area contributed by atoms with Crippen molar-refractivity contribution in [3.8, 4) is 0 Å². The van der Waals surface area contributed by atoms with Crippen LogP contribution in [0.15, 0.2) is 12.3 Å². The third kappa shape index (κ3) is 4.01. The monoisotopic (exact) mass is 256 g/mol. The predicted molar refractivity (Wildman–Crippen MR) is 64.4 cm³/mol. The SMILES string of the molecule is Cc1cnc(Cl)c(NC(=O)C(N)CC(N)=O)c1. The van der Waals surface area contributed by atoms with Gasteiger partial charge in [-0.1, -0.05) is 11.6 Å². The van der Waals surface area contributed by atoms with Crippen molar-refractivity contribution in [2.75, 3.05) is 5.32 Å². The number of anilines is 1. The van der Waals surface area contributed by atoms with E-state index in [1.807, 2.05) is 6.92 Å². The zero-order chi connectivity index (χ0) is 13.0. The van der Waals surface area contributed by atoms with Crippen molar-refractivity contribution in [2.45, 2.75) is 19.4 Å². The van der Waals surface area contributed by atoms with Crippen LogP contribution in [0.4, 0.5) is 5.69 Å². The van der Waals surface area contributed by atoms with E-state index in [2.05, 4.69) is 10.3 Å². The number of aryl methyl sites for hydroxylation is 1. The molecule has 6 nitrogen and oxygen atoms in total. The molecule has 0 saturated heterocycles. The lowest BCUT2D eigenvalue weighted by molar-refractivity contribution is -0.123. The smallest absolute Gasteiger partial charge is 0.241 e. The number of hydrogen-bond donors (Lipinski definition) is 3. The number of nitrogens with one attached hydrogen (secondary N) is 1. The summed E-state index contributed by atoms with van der Waals surface area (Å²) in [6.45, 7) is 1.81. The van der Waals surface area contributed by atoms with Gasteiger partial charge in [-0.15, -0.1) is 0 Å². The zero-order valence-electron chi connectivity index (χ0n) is 9.24. The number of aromatic nitrogens is 1. The normalized spacial score (nSPS) is 11.9. The molecule has 0 spiro atoms. The average molecular weight is 257 g/mol. The first-order valence-corrected chi connectivity index (χ1v) is 5.25. The van der Waals surface area contributed by atoms with Crippen molar-refractivity contribution < 1.29 is 9.59 Å². The highest BCUT2D eigenvalue weighted by Crippen LogP contribution is 2.19. The minimum absolute atomic E-state index is 0.162. The zero-order valence-corrected chi connectivity index (χ0v) is 9.99. The molecule has 1 rings (SSSR count). The van der Waals surface area contributed by atoms with Gasteiger partial charge in [-0.2, -0.15) is 0 Å². The number of rotatable bonds is 4. The maximum atomic E-state index is 11.6. The standard InChI is InChI=1S/C10H13ClN4O2/c1-5-2-7(9(11)14-4-5)15-10(17)6(12)3-8(13)16/h2,4,6H,3,12H2,1H3,(H2,13,16)(H,15,17). The highest BCUT2D eigenvalue weighted by atomic mass is 35.5. The maximum absolute atomic E-state index is 11.6. The van der Waals surface area contributed by atoms with Gasteiger partial charge < -0.3 is 16.8 Å². The topological polar surface area (TPSA) is 111 Å². The highest BCUT2D eigenvalue weighted by Gasteiger charge is 2.17. The molecular weight excluding hydrogens is 244 g/mol. The molecule has 1 heterocycles. The van der Waals surface area contributed by atoms with Gasteiger partial charge in [0.25, 0.3) is 0 Å². The average Bonchev–Trinajstić information content (AvgIpc) is 2.22. The van der Waals surface area contributed by atoms with Crippen LogP contribution in [0.1, 0.15) is 12.0 Å². The third-order valence-electron chi connectivity index (χ3n) is 1.99. The lowest BCUT2D eigenvalue weighted by Crippen LogP contribution is -2.39.